The lowest BCUT2D eigenvalue weighted by molar-refractivity contribution is -0.385. The highest BCUT2D eigenvalue weighted by molar-refractivity contribution is 8.22. The Kier molecular flexibility index (Phi) is 4.06. The van der Waals surface area contributed by atoms with E-state index in [0.717, 1.165) is 0 Å². The first-order valence-corrected chi connectivity index (χ1v) is 6.45. The molecule has 18 heavy (non-hydrogen) atoms. The number of thiocarbonyl (C=S) groups is 1. The molecule has 0 amide bonds. The van der Waals surface area contributed by atoms with Gasteiger partial charge in [0.2, 0.25) is 0 Å². The lowest BCUT2D eigenvalue weighted by Crippen LogP contribution is -2.02. The first-order valence-electron chi connectivity index (χ1n) is 5.06. The fraction of sp³-hybridized carbons (Fsp3) is 0.0909. The van der Waals surface area contributed by atoms with Crippen molar-refractivity contribution in [1.29, 1.82) is 0 Å². The van der Waals surface area contributed by atoms with Crippen LogP contribution in [0.1, 0.15) is 5.56 Å². The molecular formula is C11H9N3O2S2. The largest absolute Gasteiger partial charge is 0.291 e. The minimum Gasteiger partial charge on any atom is -0.291 e. The van der Waals surface area contributed by atoms with E-state index in [9.17, 15) is 10.1 Å². The molecule has 5 nitrogen and oxygen atoms in total. The Morgan fingerprint density at radius 3 is 2.94 bits per heavy atom. The maximum absolute atomic E-state index is 10.8. The molecule has 0 aliphatic carbocycles. The van der Waals surface area contributed by atoms with E-state index in [4.69, 9.17) is 12.2 Å². The minimum atomic E-state index is -0.379. The number of hydrogen-bond donors (Lipinski definition) is 0. The molecular weight excluding hydrogens is 270 g/mol. The molecule has 0 saturated heterocycles. The van der Waals surface area contributed by atoms with Gasteiger partial charge in [-0.15, -0.1) is 0 Å². The summed E-state index contributed by atoms with van der Waals surface area (Å²) in [5, 5.41) is 10.8. The van der Waals surface area contributed by atoms with Crippen LogP contribution in [0.4, 0.5) is 5.69 Å². The summed E-state index contributed by atoms with van der Waals surface area (Å²) >= 11 is 6.57. The van der Waals surface area contributed by atoms with E-state index in [1.54, 1.807) is 41.5 Å². The van der Waals surface area contributed by atoms with Gasteiger partial charge in [0, 0.05) is 29.8 Å². The molecule has 0 fully saturated rings. The number of thioether (sulfide) groups is 1. The number of benzene rings is 1. The zero-order valence-electron chi connectivity index (χ0n) is 9.22. The lowest BCUT2D eigenvalue weighted by Gasteiger charge is -2.04. The molecule has 1 aromatic heterocycles. The van der Waals surface area contributed by atoms with Crippen molar-refractivity contribution in [3.63, 3.8) is 0 Å². The predicted molar refractivity (Wildman–Crippen MR) is 74.6 cm³/mol. The molecule has 0 N–H and O–H groups in total. The average Bonchev–Trinajstić information content (AvgIpc) is 2.90. The zero-order valence-corrected chi connectivity index (χ0v) is 10.9. The molecule has 7 heteroatoms. The highest BCUT2D eigenvalue weighted by Gasteiger charge is 2.13. The van der Waals surface area contributed by atoms with E-state index < -0.39 is 0 Å². The van der Waals surface area contributed by atoms with Crippen molar-refractivity contribution < 1.29 is 4.92 Å². The van der Waals surface area contributed by atoms with E-state index in [1.807, 2.05) is 0 Å². The Morgan fingerprint density at radius 1 is 1.50 bits per heavy atom. The number of nitro groups is 1. The molecule has 1 heterocycles. The van der Waals surface area contributed by atoms with Crippen molar-refractivity contribution >= 4 is 34.0 Å². The molecule has 2 rings (SSSR count). The van der Waals surface area contributed by atoms with Gasteiger partial charge in [0.05, 0.1) is 4.92 Å². The van der Waals surface area contributed by atoms with Crippen molar-refractivity contribution in [3.8, 4) is 0 Å². The van der Waals surface area contributed by atoms with Gasteiger partial charge in [0.1, 0.15) is 10.6 Å². The molecule has 92 valence electrons. The van der Waals surface area contributed by atoms with Crippen LogP contribution in [-0.2, 0) is 5.75 Å². The van der Waals surface area contributed by atoms with Gasteiger partial charge in [-0.05, 0) is 0 Å². The second kappa shape index (κ2) is 5.74. The SMILES string of the molecule is O=[N+]([O-])c1ccccc1CSC(=S)n1ccnc1. The van der Waals surface area contributed by atoms with Crippen molar-refractivity contribution in [1.82, 2.24) is 9.55 Å². The first kappa shape index (κ1) is 12.7. The van der Waals surface area contributed by atoms with Gasteiger partial charge in [-0.1, -0.05) is 42.2 Å². The Balaban J connectivity index is 2.07. The quantitative estimate of drug-likeness (QED) is 0.491. The third-order valence-electron chi connectivity index (χ3n) is 2.25. The van der Waals surface area contributed by atoms with E-state index in [2.05, 4.69) is 4.98 Å². The van der Waals surface area contributed by atoms with Crippen LogP contribution in [-0.4, -0.2) is 18.8 Å². The predicted octanol–water partition coefficient (Wildman–Crippen LogP) is 2.86. The topological polar surface area (TPSA) is 61.0 Å². The molecule has 1 aromatic carbocycles. The molecule has 0 spiro atoms. The maximum atomic E-state index is 10.8. The van der Waals surface area contributed by atoms with Gasteiger partial charge in [0.25, 0.3) is 5.69 Å². The van der Waals surface area contributed by atoms with Crippen LogP contribution in [0.25, 0.3) is 0 Å². The summed E-state index contributed by atoms with van der Waals surface area (Å²) in [6.45, 7) is 0. The Morgan fingerprint density at radius 2 is 2.28 bits per heavy atom. The van der Waals surface area contributed by atoms with Crippen LogP contribution in [0.5, 0.6) is 0 Å². The van der Waals surface area contributed by atoms with Crippen molar-refractivity contribution in [2.45, 2.75) is 5.75 Å². The molecule has 0 radical (unpaired) electrons. The van der Waals surface area contributed by atoms with Gasteiger partial charge >= 0.3 is 0 Å². The smallest absolute Gasteiger partial charge is 0.273 e. The van der Waals surface area contributed by atoms with Crippen LogP contribution >= 0.6 is 24.0 Å². The zero-order chi connectivity index (χ0) is 13.0. The molecule has 0 unspecified atom stereocenters. The number of rotatable bonds is 3. The molecule has 0 bridgehead atoms. The number of imidazole rings is 1. The monoisotopic (exact) mass is 279 g/mol. The summed E-state index contributed by atoms with van der Waals surface area (Å²) < 4.78 is 2.32. The Bertz CT molecular complexity index is 569. The second-order valence-corrected chi connectivity index (χ2v) is 5.02. The number of hydrogen-bond acceptors (Lipinski definition) is 5. The Hall–Kier alpha value is -1.73. The summed E-state index contributed by atoms with van der Waals surface area (Å²) in [5.41, 5.74) is 0.786. The summed E-state index contributed by atoms with van der Waals surface area (Å²) in [6, 6.07) is 6.67. The standard InChI is InChI=1S/C11H9N3O2S2/c15-14(16)10-4-2-1-3-9(10)7-18-11(17)13-6-5-12-8-13/h1-6,8H,7H2. The molecule has 0 aliphatic heterocycles. The summed E-state index contributed by atoms with van der Waals surface area (Å²) in [6.07, 6.45) is 4.99. The van der Waals surface area contributed by atoms with E-state index in [0.29, 0.717) is 15.6 Å². The van der Waals surface area contributed by atoms with E-state index >= 15 is 0 Å². The molecule has 0 aliphatic rings. The van der Waals surface area contributed by atoms with Crippen molar-refractivity contribution in [2.75, 3.05) is 0 Å². The lowest BCUT2D eigenvalue weighted by atomic mass is 10.2. The Labute approximate surface area is 113 Å². The van der Waals surface area contributed by atoms with E-state index in [1.165, 1.54) is 17.8 Å². The summed E-state index contributed by atoms with van der Waals surface area (Å²) in [7, 11) is 0. The third-order valence-corrected chi connectivity index (χ3v) is 3.73. The van der Waals surface area contributed by atoms with Gasteiger partial charge in [-0.2, -0.15) is 0 Å². The molecule has 0 atom stereocenters. The van der Waals surface area contributed by atoms with Crippen molar-refractivity contribution in [2.24, 2.45) is 0 Å². The highest BCUT2D eigenvalue weighted by Crippen LogP contribution is 2.23. The number of nitro benzene ring substituents is 1. The van der Waals surface area contributed by atoms with E-state index in [-0.39, 0.29) is 10.6 Å². The van der Waals surface area contributed by atoms with Crippen LogP contribution in [0, 0.1) is 10.1 Å². The number of aromatic nitrogens is 2. The van der Waals surface area contributed by atoms with Crippen LogP contribution in [0.15, 0.2) is 43.0 Å². The number of para-hydroxylation sites is 1. The number of nitrogens with zero attached hydrogens (tertiary/aromatic N) is 3. The molecule has 0 saturated carbocycles. The van der Waals surface area contributed by atoms with Crippen LogP contribution in [0.2, 0.25) is 0 Å². The second-order valence-electron chi connectivity index (χ2n) is 3.41. The molecule has 2 aromatic rings. The fourth-order valence-corrected chi connectivity index (χ4v) is 2.46. The van der Waals surface area contributed by atoms with Crippen LogP contribution < -0.4 is 0 Å². The highest BCUT2D eigenvalue weighted by atomic mass is 32.2. The van der Waals surface area contributed by atoms with Crippen LogP contribution in [0.3, 0.4) is 0 Å². The van der Waals surface area contributed by atoms with Crippen molar-refractivity contribution in [3.05, 3.63) is 58.7 Å². The van der Waals surface area contributed by atoms with Gasteiger partial charge in [-0.25, -0.2) is 4.98 Å². The minimum absolute atomic E-state index is 0.124. The third kappa shape index (κ3) is 2.93. The average molecular weight is 279 g/mol. The van der Waals surface area contributed by atoms with Gasteiger partial charge < -0.3 is 0 Å². The van der Waals surface area contributed by atoms with Gasteiger partial charge in [-0.3, -0.25) is 14.7 Å². The summed E-state index contributed by atoms with van der Waals surface area (Å²) in [4.78, 5) is 14.4. The fourth-order valence-electron chi connectivity index (χ4n) is 1.39. The summed E-state index contributed by atoms with van der Waals surface area (Å²) in [5.74, 6) is 0.466. The van der Waals surface area contributed by atoms with Gasteiger partial charge in [0.15, 0.2) is 0 Å². The first-order chi connectivity index (χ1) is 8.68. The maximum Gasteiger partial charge on any atom is 0.273 e. The normalized spacial score (nSPS) is 10.2.